The number of rotatable bonds is 0. The predicted octanol–water partition coefficient (Wildman–Crippen LogP) is 0.694. The molecule has 0 fully saturated rings. The average Bonchev–Trinajstić information content (AvgIpc) is 1.85. The molecule has 0 unspecified atom stereocenters. The van der Waals surface area contributed by atoms with Crippen LogP contribution in [0.4, 0.5) is 0 Å². The first-order chi connectivity index (χ1) is 5.39. The summed E-state index contributed by atoms with van der Waals surface area (Å²) in [4.78, 5) is 0. The van der Waals surface area contributed by atoms with E-state index < -0.39 is 10.4 Å². The van der Waals surface area contributed by atoms with Gasteiger partial charge in [-0.2, -0.15) is 8.42 Å². The van der Waals surface area contributed by atoms with Crippen molar-refractivity contribution >= 4 is 40.0 Å². The Morgan fingerprint density at radius 3 is 1.54 bits per heavy atom. The van der Waals surface area contributed by atoms with Crippen molar-refractivity contribution in [3.63, 3.8) is 0 Å². The molecule has 0 heterocycles. The number of hydrogen-bond acceptors (Lipinski definition) is 2. The number of hydrogen-bond donors (Lipinski definition) is 2. The van der Waals surface area contributed by atoms with Gasteiger partial charge in [-0.15, -0.1) is 0 Å². The van der Waals surface area contributed by atoms with Crippen LogP contribution in [0.2, 0.25) is 0 Å². The molecule has 0 bridgehead atoms. The van der Waals surface area contributed by atoms with E-state index >= 15 is 0 Å². The number of benzene rings is 1. The van der Waals surface area contributed by atoms with Gasteiger partial charge in [-0.3, -0.25) is 9.11 Å². The molecule has 0 atom stereocenters. The fourth-order valence-corrected chi connectivity index (χ4v) is 0.534. The molecule has 0 aromatic heterocycles. The van der Waals surface area contributed by atoms with Crippen molar-refractivity contribution in [2.75, 3.05) is 0 Å². The summed E-state index contributed by atoms with van der Waals surface area (Å²) in [5, 5.41) is 0. The zero-order chi connectivity index (χ0) is 9.61. The van der Waals surface area contributed by atoms with Crippen LogP contribution >= 0.6 is 0 Å². The van der Waals surface area contributed by atoms with Gasteiger partial charge in [0.25, 0.3) is 0 Å². The van der Waals surface area contributed by atoms with Gasteiger partial charge >= 0.3 is 40.0 Å². The molecule has 0 aliphatic heterocycles. The zero-order valence-corrected chi connectivity index (χ0v) is 7.32. The van der Waals surface area contributed by atoms with Gasteiger partial charge in [0.1, 0.15) is 0 Å². The van der Waals surface area contributed by atoms with E-state index in [0.29, 0.717) is 0 Å². The van der Waals surface area contributed by atoms with E-state index in [9.17, 15) is 0 Å². The molecule has 13 heavy (non-hydrogen) atoms. The van der Waals surface area contributed by atoms with Crippen LogP contribution in [0.25, 0.3) is 0 Å². The maximum absolute atomic E-state index is 8.74. The third-order valence-electron chi connectivity index (χ3n) is 0.940. The molecule has 0 amide bonds. The molecule has 1 rings (SSSR count). The van der Waals surface area contributed by atoms with Gasteiger partial charge in [0.05, 0.1) is 0 Å². The fraction of sp³-hybridized carbons (Fsp3) is 0.143. The van der Waals surface area contributed by atoms with Crippen molar-refractivity contribution in [3.8, 4) is 0 Å². The van der Waals surface area contributed by atoms with Crippen LogP contribution in [0.15, 0.2) is 30.3 Å². The Labute approximate surface area is 99.8 Å². The van der Waals surface area contributed by atoms with Crippen molar-refractivity contribution in [2.45, 2.75) is 6.92 Å². The van der Waals surface area contributed by atoms with Crippen LogP contribution < -0.4 is 0 Å². The summed E-state index contributed by atoms with van der Waals surface area (Å²) in [6, 6.07) is 10.3. The summed E-state index contributed by atoms with van der Waals surface area (Å²) < 4.78 is 31.6. The standard InChI is InChI=1S/C7H8.Na.H2O4S.H/c1-7-5-3-2-4-6-7;;1-5(2,3)4;/h2-6H,1H3;;(H2,1,2,3,4);. The van der Waals surface area contributed by atoms with Gasteiger partial charge in [0, 0.05) is 0 Å². The first-order valence-electron chi connectivity index (χ1n) is 3.11. The molecular weight excluding hydrogens is 203 g/mol. The van der Waals surface area contributed by atoms with E-state index in [-0.39, 0.29) is 29.6 Å². The minimum absolute atomic E-state index is 0. The molecule has 0 saturated carbocycles. The van der Waals surface area contributed by atoms with E-state index in [1.165, 1.54) is 5.56 Å². The van der Waals surface area contributed by atoms with Crippen molar-refractivity contribution in [1.82, 2.24) is 0 Å². The predicted molar refractivity (Wildman–Crippen MR) is 52.5 cm³/mol. The first-order valence-corrected chi connectivity index (χ1v) is 4.51. The van der Waals surface area contributed by atoms with Crippen LogP contribution in [-0.2, 0) is 10.4 Å². The number of aryl methyl sites for hydroxylation is 1. The summed E-state index contributed by atoms with van der Waals surface area (Å²) >= 11 is 0. The van der Waals surface area contributed by atoms with E-state index in [4.69, 9.17) is 17.5 Å². The second-order valence-corrected chi connectivity index (χ2v) is 3.00. The molecule has 1 aromatic rings. The minimum atomic E-state index is -4.67. The fourth-order valence-electron chi connectivity index (χ4n) is 0.534. The van der Waals surface area contributed by atoms with E-state index in [1.807, 2.05) is 18.2 Å². The van der Waals surface area contributed by atoms with Crippen molar-refractivity contribution in [2.24, 2.45) is 0 Å². The molecule has 70 valence electrons. The third kappa shape index (κ3) is 18.8. The second kappa shape index (κ2) is 7.49. The quantitative estimate of drug-likeness (QED) is 0.492. The van der Waals surface area contributed by atoms with Gasteiger partial charge in [0.2, 0.25) is 0 Å². The molecule has 0 saturated heterocycles. The van der Waals surface area contributed by atoms with E-state index in [1.54, 1.807) is 0 Å². The van der Waals surface area contributed by atoms with Gasteiger partial charge in [-0.25, -0.2) is 0 Å². The van der Waals surface area contributed by atoms with Gasteiger partial charge in [-0.1, -0.05) is 35.9 Å². The topological polar surface area (TPSA) is 74.6 Å². The Morgan fingerprint density at radius 2 is 1.38 bits per heavy atom. The SMILES string of the molecule is Cc1ccccc1.O=S(=O)(O)O.[NaH]. The van der Waals surface area contributed by atoms with Crippen LogP contribution in [0.5, 0.6) is 0 Å². The van der Waals surface area contributed by atoms with Crippen molar-refractivity contribution in [3.05, 3.63) is 35.9 Å². The first kappa shape index (κ1) is 15.6. The maximum atomic E-state index is 8.74. The summed E-state index contributed by atoms with van der Waals surface area (Å²) in [7, 11) is -4.67. The molecule has 0 aliphatic carbocycles. The third-order valence-corrected chi connectivity index (χ3v) is 0.940. The molecule has 6 heteroatoms. The average molecular weight is 214 g/mol. The van der Waals surface area contributed by atoms with Crippen LogP contribution in [0.3, 0.4) is 0 Å². The molecule has 0 spiro atoms. The van der Waals surface area contributed by atoms with Gasteiger partial charge < -0.3 is 0 Å². The summed E-state index contributed by atoms with van der Waals surface area (Å²) in [5.74, 6) is 0. The summed E-state index contributed by atoms with van der Waals surface area (Å²) in [5.41, 5.74) is 1.32. The molecule has 0 aliphatic rings. The molecule has 1 aromatic carbocycles. The van der Waals surface area contributed by atoms with Crippen LogP contribution in [-0.4, -0.2) is 47.1 Å². The van der Waals surface area contributed by atoms with Gasteiger partial charge in [-0.05, 0) is 6.92 Å². The monoisotopic (exact) mass is 214 g/mol. The normalized spacial score (nSPS) is 9.15. The Morgan fingerprint density at radius 1 is 1.08 bits per heavy atom. The zero-order valence-electron chi connectivity index (χ0n) is 6.51. The Kier molecular flexibility index (Phi) is 8.96. The van der Waals surface area contributed by atoms with E-state index in [0.717, 1.165) is 0 Å². The summed E-state index contributed by atoms with van der Waals surface area (Å²) in [6.07, 6.45) is 0. The molecule has 2 N–H and O–H groups in total. The Balaban J connectivity index is 0. The van der Waals surface area contributed by atoms with Crippen molar-refractivity contribution < 1.29 is 17.5 Å². The van der Waals surface area contributed by atoms with Crippen LogP contribution in [0.1, 0.15) is 5.56 Å². The van der Waals surface area contributed by atoms with Crippen LogP contribution in [0, 0.1) is 6.92 Å². The molecule has 4 nitrogen and oxygen atoms in total. The van der Waals surface area contributed by atoms with Gasteiger partial charge in [0.15, 0.2) is 0 Å². The van der Waals surface area contributed by atoms with E-state index in [2.05, 4.69) is 19.1 Å². The van der Waals surface area contributed by atoms with Crippen molar-refractivity contribution in [1.29, 1.82) is 0 Å². The molecular formula is C7H11NaO4S. The molecule has 0 radical (unpaired) electrons. The summed E-state index contributed by atoms with van der Waals surface area (Å²) in [6.45, 7) is 2.08. The Hall–Kier alpha value is 0.0900. The Bertz CT molecular complexity index is 301. The second-order valence-electron chi connectivity index (χ2n) is 2.10.